The lowest BCUT2D eigenvalue weighted by Crippen LogP contribution is -2.11. The Balaban J connectivity index is 2.38. The van der Waals surface area contributed by atoms with Crippen LogP contribution in [0.15, 0.2) is 30.3 Å². The number of carbonyl (C=O) groups is 1. The first-order valence-electron chi connectivity index (χ1n) is 6.04. The zero-order chi connectivity index (χ0) is 13.8. The normalized spacial score (nSPS) is 10.5. The molecule has 1 heterocycles. The fraction of sp³-hybridized carbons (Fsp3) is 0.286. The van der Waals surface area contributed by atoms with Gasteiger partial charge in [-0.3, -0.25) is 0 Å². The van der Waals surface area contributed by atoms with Crippen molar-refractivity contribution in [1.29, 1.82) is 0 Å². The summed E-state index contributed by atoms with van der Waals surface area (Å²) in [7, 11) is 0. The highest BCUT2D eigenvalue weighted by atomic mass is 16.5. The van der Waals surface area contributed by atoms with Crippen molar-refractivity contribution in [2.45, 2.75) is 13.8 Å². The van der Waals surface area contributed by atoms with Crippen molar-refractivity contribution >= 4 is 5.97 Å². The zero-order valence-corrected chi connectivity index (χ0v) is 11.0. The molecule has 5 nitrogen and oxygen atoms in total. The molecular formula is C14H16N2O3. The molecule has 0 spiro atoms. The summed E-state index contributed by atoms with van der Waals surface area (Å²) in [6, 6.07) is 9.58. The van der Waals surface area contributed by atoms with E-state index in [4.69, 9.17) is 9.84 Å². The number of hydrogen-bond donors (Lipinski definition) is 1. The Morgan fingerprint density at radius 3 is 2.63 bits per heavy atom. The van der Waals surface area contributed by atoms with E-state index in [9.17, 15) is 4.79 Å². The maximum atomic E-state index is 11.9. The molecule has 1 N–H and O–H groups in total. The summed E-state index contributed by atoms with van der Waals surface area (Å²) in [5, 5.41) is 13.0. The lowest BCUT2D eigenvalue weighted by atomic mass is 10.2. The number of para-hydroxylation sites is 1. The lowest BCUT2D eigenvalue weighted by molar-refractivity contribution is 0.0432. The van der Waals surface area contributed by atoms with Crippen LogP contribution in [0.2, 0.25) is 0 Å². The SMILES string of the molecule is Cc1nn(-c2ccccc2)c(C)c1C(=O)OCCO. The second kappa shape index (κ2) is 5.67. The van der Waals surface area contributed by atoms with Crippen LogP contribution in [0.3, 0.4) is 0 Å². The van der Waals surface area contributed by atoms with Crippen LogP contribution in [-0.4, -0.2) is 34.1 Å². The predicted molar refractivity (Wildman–Crippen MR) is 70.4 cm³/mol. The van der Waals surface area contributed by atoms with Crippen LogP contribution in [0.5, 0.6) is 0 Å². The molecular weight excluding hydrogens is 244 g/mol. The lowest BCUT2D eigenvalue weighted by Gasteiger charge is -2.05. The number of aromatic nitrogens is 2. The van der Waals surface area contributed by atoms with Gasteiger partial charge in [-0.25, -0.2) is 9.48 Å². The molecule has 0 radical (unpaired) electrons. The van der Waals surface area contributed by atoms with Crippen molar-refractivity contribution in [2.75, 3.05) is 13.2 Å². The number of benzene rings is 1. The van der Waals surface area contributed by atoms with Gasteiger partial charge in [-0.05, 0) is 26.0 Å². The summed E-state index contributed by atoms with van der Waals surface area (Å²) >= 11 is 0. The molecule has 0 saturated heterocycles. The molecule has 100 valence electrons. The molecule has 0 saturated carbocycles. The van der Waals surface area contributed by atoms with Crippen LogP contribution in [0.25, 0.3) is 5.69 Å². The van der Waals surface area contributed by atoms with Crippen molar-refractivity contribution in [3.8, 4) is 5.69 Å². The Morgan fingerprint density at radius 2 is 2.00 bits per heavy atom. The number of hydrogen-bond acceptors (Lipinski definition) is 4. The highest BCUT2D eigenvalue weighted by molar-refractivity contribution is 5.92. The standard InChI is InChI=1S/C14H16N2O3/c1-10-13(14(18)19-9-8-17)11(2)16(15-10)12-6-4-3-5-7-12/h3-7,17H,8-9H2,1-2H3. The van der Waals surface area contributed by atoms with Gasteiger partial charge in [-0.15, -0.1) is 0 Å². The molecule has 19 heavy (non-hydrogen) atoms. The van der Waals surface area contributed by atoms with Crippen molar-refractivity contribution in [1.82, 2.24) is 9.78 Å². The third kappa shape index (κ3) is 2.66. The summed E-state index contributed by atoms with van der Waals surface area (Å²) in [6.07, 6.45) is 0. The van der Waals surface area contributed by atoms with Crippen LogP contribution in [0.4, 0.5) is 0 Å². The van der Waals surface area contributed by atoms with Gasteiger partial charge in [0.25, 0.3) is 0 Å². The van der Waals surface area contributed by atoms with Crippen LogP contribution < -0.4 is 0 Å². The fourth-order valence-electron chi connectivity index (χ4n) is 1.97. The van der Waals surface area contributed by atoms with Crippen molar-refractivity contribution in [3.05, 3.63) is 47.3 Å². The maximum absolute atomic E-state index is 11.9. The molecule has 2 rings (SSSR count). The summed E-state index contributed by atoms with van der Waals surface area (Å²) in [6.45, 7) is 3.40. The first-order chi connectivity index (χ1) is 9.15. The topological polar surface area (TPSA) is 64.4 Å². The molecule has 1 aromatic carbocycles. The number of aliphatic hydroxyl groups excluding tert-OH is 1. The average molecular weight is 260 g/mol. The second-order valence-corrected chi connectivity index (χ2v) is 4.15. The minimum Gasteiger partial charge on any atom is -0.460 e. The zero-order valence-electron chi connectivity index (χ0n) is 11.0. The first-order valence-corrected chi connectivity index (χ1v) is 6.04. The van der Waals surface area contributed by atoms with Crippen molar-refractivity contribution < 1.29 is 14.6 Å². The largest absolute Gasteiger partial charge is 0.460 e. The van der Waals surface area contributed by atoms with Gasteiger partial charge >= 0.3 is 5.97 Å². The van der Waals surface area contributed by atoms with E-state index in [0.29, 0.717) is 11.3 Å². The molecule has 2 aromatic rings. The molecule has 0 aliphatic rings. The van der Waals surface area contributed by atoms with E-state index in [1.807, 2.05) is 37.3 Å². The second-order valence-electron chi connectivity index (χ2n) is 4.15. The summed E-state index contributed by atoms with van der Waals surface area (Å²) < 4.78 is 6.66. The maximum Gasteiger partial charge on any atom is 0.341 e. The highest BCUT2D eigenvalue weighted by Crippen LogP contribution is 2.18. The van der Waals surface area contributed by atoms with Crippen LogP contribution in [0.1, 0.15) is 21.7 Å². The van der Waals surface area contributed by atoms with Gasteiger partial charge in [-0.2, -0.15) is 5.10 Å². The summed E-state index contributed by atoms with van der Waals surface area (Å²) in [5.74, 6) is -0.453. The van der Waals surface area contributed by atoms with Crippen molar-refractivity contribution in [2.24, 2.45) is 0 Å². The number of ether oxygens (including phenoxy) is 1. The quantitative estimate of drug-likeness (QED) is 0.849. The molecule has 0 aliphatic carbocycles. The predicted octanol–water partition coefficient (Wildman–Crippen LogP) is 1.64. The summed E-state index contributed by atoms with van der Waals surface area (Å²) in [4.78, 5) is 11.9. The molecule has 0 amide bonds. The van der Waals surface area contributed by atoms with Gasteiger partial charge in [0.1, 0.15) is 12.2 Å². The van der Waals surface area contributed by atoms with E-state index in [2.05, 4.69) is 5.10 Å². The van der Waals surface area contributed by atoms with Gasteiger partial charge in [-0.1, -0.05) is 18.2 Å². The van der Waals surface area contributed by atoms with Gasteiger partial charge in [0.05, 0.1) is 23.7 Å². The van der Waals surface area contributed by atoms with E-state index in [1.165, 1.54) is 0 Å². The van der Waals surface area contributed by atoms with Gasteiger partial charge < -0.3 is 9.84 Å². The van der Waals surface area contributed by atoms with Crippen LogP contribution in [-0.2, 0) is 4.74 Å². The minimum absolute atomic E-state index is 0.00572. The first kappa shape index (κ1) is 13.3. The monoisotopic (exact) mass is 260 g/mol. The Labute approximate surface area is 111 Å². The van der Waals surface area contributed by atoms with Crippen molar-refractivity contribution in [3.63, 3.8) is 0 Å². The van der Waals surface area contributed by atoms with E-state index >= 15 is 0 Å². The molecule has 0 unspecified atom stereocenters. The molecule has 1 aromatic heterocycles. The number of carbonyl (C=O) groups excluding carboxylic acids is 1. The Kier molecular flexibility index (Phi) is 3.97. The minimum atomic E-state index is -0.453. The van der Waals surface area contributed by atoms with E-state index in [1.54, 1.807) is 11.6 Å². The Hall–Kier alpha value is -2.14. The number of esters is 1. The smallest absolute Gasteiger partial charge is 0.341 e. The molecule has 5 heteroatoms. The molecule has 0 bridgehead atoms. The van der Waals surface area contributed by atoms with Crippen LogP contribution in [0, 0.1) is 13.8 Å². The highest BCUT2D eigenvalue weighted by Gasteiger charge is 2.20. The Bertz CT molecular complexity index is 576. The Morgan fingerprint density at radius 1 is 1.32 bits per heavy atom. The molecule has 0 atom stereocenters. The van der Waals surface area contributed by atoms with Gasteiger partial charge in [0, 0.05) is 0 Å². The van der Waals surface area contributed by atoms with E-state index in [0.717, 1.165) is 11.4 Å². The van der Waals surface area contributed by atoms with Gasteiger partial charge in [0.2, 0.25) is 0 Å². The number of rotatable bonds is 4. The van der Waals surface area contributed by atoms with E-state index < -0.39 is 5.97 Å². The van der Waals surface area contributed by atoms with Gasteiger partial charge in [0.15, 0.2) is 0 Å². The van der Waals surface area contributed by atoms with Crippen LogP contribution >= 0.6 is 0 Å². The molecule has 0 fully saturated rings. The number of aliphatic hydroxyl groups is 1. The molecule has 0 aliphatic heterocycles. The number of aryl methyl sites for hydroxylation is 1. The summed E-state index contributed by atoms with van der Waals surface area (Å²) in [5.41, 5.74) is 2.69. The fourth-order valence-corrected chi connectivity index (χ4v) is 1.97. The third-order valence-electron chi connectivity index (χ3n) is 2.82. The third-order valence-corrected chi connectivity index (χ3v) is 2.82. The number of nitrogens with zero attached hydrogens (tertiary/aromatic N) is 2. The van der Waals surface area contributed by atoms with E-state index in [-0.39, 0.29) is 13.2 Å². The average Bonchev–Trinajstić information content (AvgIpc) is 2.72.